The maximum Gasteiger partial charge on any atom is 0.246 e. The fraction of sp³-hybridized carbons (Fsp3) is 0.188. The molecule has 20 heavy (non-hydrogen) atoms. The van der Waals surface area contributed by atoms with Gasteiger partial charge in [-0.2, -0.15) is 0 Å². The Balaban J connectivity index is 2.04. The average molecular weight is 289 g/mol. The lowest BCUT2D eigenvalue weighted by Crippen LogP contribution is -2.27. The summed E-state index contributed by atoms with van der Waals surface area (Å²) >= 11 is 1.58. The zero-order valence-electron chi connectivity index (χ0n) is 11.4. The average Bonchev–Trinajstić information content (AvgIpc) is 2.97. The Morgan fingerprint density at radius 3 is 2.60 bits per heavy atom. The molecule has 1 aromatic heterocycles. The van der Waals surface area contributed by atoms with Gasteiger partial charge in [0, 0.05) is 18.0 Å². The summed E-state index contributed by atoms with van der Waals surface area (Å²) < 4.78 is 12.9. The number of halogens is 1. The summed E-state index contributed by atoms with van der Waals surface area (Å²) in [7, 11) is 1.75. The van der Waals surface area contributed by atoms with Crippen molar-refractivity contribution in [1.82, 2.24) is 4.90 Å². The van der Waals surface area contributed by atoms with Crippen molar-refractivity contribution in [3.05, 3.63) is 64.1 Å². The third kappa shape index (κ3) is 3.54. The number of hydrogen-bond donors (Lipinski definition) is 0. The third-order valence-electron chi connectivity index (χ3n) is 3.21. The Bertz CT molecular complexity index is 589. The molecule has 1 atom stereocenters. The molecule has 104 valence electrons. The second-order valence-electron chi connectivity index (χ2n) is 4.53. The number of carbonyl (C=O) groups excluding carboxylic acids is 1. The molecule has 2 nitrogen and oxygen atoms in total. The topological polar surface area (TPSA) is 20.3 Å². The van der Waals surface area contributed by atoms with E-state index in [1.165, 1.54) is 12.1 Å². The van der Waals surface area contributed by atoms with Crippen LogP contribution < -0.4 is 0 Å². The molecular weight excluding hydrogens is 273 g/mol. The van der Waals surface area contributed by atoms with E-state index in [4.69, 9.17) is 0 Å². The van der Waals surface area contributed by atoms with Crippen molar-refractivity contribution in [3.63, 3.8) is 0 Å². The highest BCUT2D eigenvalue weighted by Crippen LogP contribution is 2.19. The molecule has 0 spiro atoms. The molecule has 1 unspecified atom stereocenters. The Hall–Kier alpha value is -1.94. The van der Waals surface area contributed by atoms with E-state index >= 15 is 0 Å². The van der Waals surface area contributed by atoms with E-state index in [1.54, 1.807) is 47.6 Å². The zero-order valence-corrected chi connectivity index (χ0v) is 12.2. The summed E-state index contributed by atoms with van der Waals surface area (Å²) in [5.74, 6) is -0.345. The van der Waals surface area contributed by atoms with Gasteiger partial charge in [-0.3, -0.25) is 4.79 Å². The number of hydrogen-bond acceptors (Lipinski definition) is 2. The molecule has 0 aliphatic rings. The van der Waals surface area contributed by atoms with Crippen LogP contribution in [0.2, 0.25) is 0 Å². The first kappa shape index (κ1) is 14.5. The molecule has 2 aromatic rings. The fourth-order valence-electron chi connectivity index (χ4n) is 1.81. The SMILES string of the molecule is CC(c1ccc(F)cc1)N(C)C(=O)/C=C/c1cccs1. The largest absolute Gasteiger partial charge is 0.335 e. The van der Waals surface area contributed by atoms with Crippen LogP contribution in [-0.2, 0) is 4.79 Å². The number of benzene rings is 1. The number of amides is 1. The molecular formula is C16H16FNOS. The van der Waals surface area contributed by atoms with Gasteiger partial charge in [-0.15, -0.1) is 11.3 Å². The quantitative estimate of drug-likeness (QED) is 0.775. The van der Waals surface area contributed by atoms with Gasteiger partial charge in [0.1, 0.15) is 5.82 Å². The second kappa shape index (κ2) is 6.48. The standard InChI is InChI=1S/C16H16FNOS/c1-12(13-5-7-14(17)8-6-13)18(2)16(19)10-9-15-4-3-11-20-15/h3-12H,1-2H3/b10-9+. The number of nitrogens with zero attached hydrogens (tertiary/aromatic N) is 1. The first-order chi connectivity index (χ1) is 9.58. The van der Waals surface area contributed by atoms with Crippen LogP contribution in [0.3, 0.4) is 0 Å². The summed E-state index contributed by atoms with van der Waals surface area (Å²) in [6, 6.07) is 10.0. The summed E-state index contributed by atoms with van der Waals surface area (Å²) in [6.07, 6.45) is 3.37. The van der Waals surface area contributed by atoms with E-state index in [0.29, 0.717) is 0 Å². The van der Waals surface area contributed by atoms with Gasteiger partial charge in [0.05, 0.1) is 6.04 Å². The molecule has 4 heteroatoms. The summed E-state index contributed by atoms with van der Waals surface area (Å²) in [4.78, 5) is 14.8. The van der Waals surface area contributed by atoms with Crippen molar-refractivity contribution in [3.8, 4) is 0 Å². The van der Waals surface area contributed by atoms with E-state index in [9.17, 15) is 9.18 Å². The van der Waals surface area contributed by atoms with E-state index in [-0.39, 0.29) is 17.8 Å². The van der Waals surface area contributed by atoms with Crippen molar-refractivity contribution in [2.45, 2.75) is 13.0 Å². The molecule has 0 saturated heterocycles. The van der Waals surface area contributed by atoms with Crippen LogP contribution in [-0.4, -0.2) is 17.9 Å². The monoisotopic (exact) mass is 289 g/mol. The maximum atomic E-state index is 12.9. The Labute approximate surface area is 122 Å². The zero-order chi connectivity index (χ0) is 14.5. The smallest absolute Gasteiger partial charge is 0.246 e. The van der Waals surface area contributed by atoms with Crippen molar-refractivity contribution >= 4 is 23.3 Å². The van der Waals surface area contributed by atoms with Crippen LogP contribution in [0.4, 0.5) is 4.39 Å². The lowest BCUT2D eigenvalue weighted by Gasteiger charge is -2.24. The number of likely N-dealkylation sites (N-methyl/N-ethyl adjacent to an activating group) is 1. The van der Waals surface area contributed by atoms with E-state index in [2.05, 4.69) is 0 Å². The predicted molar refractivity (Wildman–Crippen MR) is 80.9 cm³/mol. The van der Waals surface area contributed by atoms with Crippen LogP contribution in [0.25, 0.3) is 6.08 Å². The van der Waals surface area contributed by atoms with Gasteiger partial charge in [0.2, 0.25) is 5.91 Å². The molecule has 0 fully saturated rings. The van der Waals surface area contributed by atoms with Crippen molar-refractivity contribution in [2.75, 3.05) is 7.05 Å². The summed E-state index contributed by atoms with van der Waals surface area (Å²) in [6.45, 7) is 1.92. The molecule has 0 radical (unpaired) electrons. The van der Waals surface area contributed by atoms with E-state index in [0.717, 1.165) is 10.4 Å². The molecule has 0 aliphatic heterocycles. The first-order valence-corrected chi connectivity index (χ1v) is 7.20. The molecule has 0 bridgehead atoms. The van der Waals surface area contributed by atoms with Gasteiger partial charge in [-0.05, 0) is 42.1 Å². The van der Waals surface area contributed by atoms with Crippen LogP contribution >= 0.6 is 11.3 Å². The minimum atomic E-state index is -0.271. The highest BCUT2D eigenvalue weighted by atomic mass is 32.1. The van der Waals surface area contributed by atoms with Gasteiger partial charge in [0.25, 0.3) is 0 Å². The molecule has 2 rings (SSSR count). The van der Waals surface area contributed by atoms with Crippen molar-refractivity contribution in [1.29, 1.82) is 0 Å². The highest BCUT2D eigenvalue weighted by Gasteiger charge is 2.15. The van der Waals surface area contributed by atoms with Gasteiger partial charge in [-0.25, -0.2) is 4.39 Å². The highest BCUT2D eigenvalue weighted by molar-refractivity contribution is 7.10. The lowest BCUT2D eigenvalue weighted by molar-refractivity contribution is -0.126. The minimum absolute atomic E-state index is 0.0739. The number of carbonyl (C=O) groups is 1. The van der Waals surface area contributed by atoms with Crippen LogP contribution in [0.5, 0.6) is 0 Å². The molecule has 1 heterocycles. The Morgan fingerprint density at radius 1 is 1.30 bits per heavy atom. The van der Waals surface area contributed by atoms with Crippen LogP contribution in [0.15, 0.2) is 47.9 Å². The molecule has 1 amide bonds. The number of rotatable bonds is 4. The van der Waals surface area contributed by atoms with E-state index < -0.39 is 0 Å². The molecule has 1 aromatic carbocycles. The Morgan fingerprint density at radius 2 is 2.00 bits per heavy atom. The second-order valence-corrected chi connectivity index (χ2v) is 5.50. The van der Waals surface area contributed by atoms with Crippen molar-refractivity contribution < 1.29 is 9.18 Å². The summed E-state index contributed by atoms with van der Waals surface area (Å²) in [5, 5.41) is 1.97. The van der Waals surface area contributed by atoms with Gasteiger partial charge in [0.15, 0.2) is 0 Å². The first-order valence-electron chi connectivity index (χ1n) is 6.32. The molecule has 0 aliphatic carbocycles. The van der Waals surface area contributed by atoms with Gasteiger partial charge < -0.3 is 4.90 Å². The van der Waals surface area contributed by atoms with Crippen LogP contribution in [0.1, 0.15) is 23.4 Å². The molecule has 0 saturated carbocycles. The fourth-order valence-corrected chi connectivity index (χ4v) is 2.43. The third-order valence-corrected chi connectivity index (χ3v) is 4.05. The van der Waals surface area contributed by atoms with Gasteiger partial charge in [-0.1, -0.05) is 18.2 Å². The molecule has 0 N–H and O–H groups in total. The van der Waals surface area contributed by atoms with Crippen LogP contribution in [0, 0.1) is 5.82 Å². The summed E-state index contributed by atoms with van der Waals surface area (Å²) in [5.41, 5.74) is 0.909. The maximum absolute atomic E-state index is 12.9. The normalized spacial score (nSPS) is 12.6. The lowest BCUT2D eigenvalue weighted by atomic mass is 10.1. The van der Waals surface area contributed by atoms with E-state index in [1.807, 2.05) is 24.4 Å². The Kier molecular flexibility index (Phi) is 4.69. The minimum Gasteiger partial charge on any atom is -0.335 e. The number of thiophene rings is 1. The van der Waals surface area contributed by atoms with Gasteiger partial charge >= 0.3 is 0 Å². The van der Waals surface area contributed by atoms with Crippen molar-refractivity contribution in [2.24, 2.45) is 0 Å². The predicted octanol–water partition coefficient (Wildman–Crippen LogP) is 4.12.